The van der Waals surface area contributed by atoms with Crippen LogP contribution in [0.4, 0.5) is 5.82 Å². The van der Waals surface area contributed by atoms with Crippen LogP contribution in [0.3, 0.4) is 0 Å². The van der Waals surface area contributed by atoms with Crippen molar-refractivity contribution in [1.82, 2.24) is 19.7 Å². The first kappa shape index (κ1) is 28.3. The zero-order valence-corrected chi connectivity index (χ0v) is 23.8. The van der Waals surface area contributed by atoms with E-state index in [9.17, 15) is 9.59 Å². The summed E-state index contributed by atoms with van der Waals surface area (Å²) >= 11 is 6.18. The van der Waals surface area contributed by atoms with E-state index in [1.807, 2.05) is 26.0 Å². The number of likely N-dealkylation sites (tertiary alicyclic amines) is 2. The third-order valence-corrected chi connectivity index (χ3v) is 7.94. The number of benzene rings is 1. The fraction of sp³-hybridized carbons (Fsp3) is 0.552. The molecule has 2 aliphatic rings. The molecule has 0 saturated carbocycles. The van der Waals surface area contributed by atoms with Crippen LogP contribution < -0.4 is 5.32 Å². The first-order chi connectivity index (χ1) is 18.2. The lowest BCUT2D eigenvalue weighted by Gasteiger charge is -2.39. The van der Waals surface area contributed by atoms with Crippen LogP contribution in [-0.2, 0) is 22.5 Å². The summed E-state index contributed by atoms with van der Waals surface area (Å²) < 4.78 is 5.97. The van der Waals surface area contributed by atoms with E-state index >= 15 is 0 Å². The summed E-state index contributed by atoms with van der Waals surface area (Å²) in [6.07, 6.45) is 4.10. The highest BCUT2D eigenvalue weighted by Gasteiger charge is 2.37. The Bertz CT molecular complexity index is 1130. The number of hydrogen-bond donors (Lipinski definition) is 1. The molecular weight excluding hydrogens is 502 g/mol. The van der Waals surface area contributed by atoms with E-state index in [1.165, 1.54) is 5.56 Å². The second-order valence-corrected chi connectivity index (χ2v) is 11.0. The molecule has 0 spiro atoms. The summed E-state index contributed by atoms with van der Waals surface area (Å²) in [7, 11) is 3.48. The second-order valence-electron chi connectivity index (χ2n) is 10.6. The van der Waals surface area contributed by atoms with Crippen molar-refractivity contribution >= 4 is 29.2 Å². The van der Waals surface area contributed by atoms with Crippen molar-refractivity contribution in [3.8, 4) is 0 Å². The van der Waals surface area contributed by atoms with Crippen LogP contribution in [0.2, 0.25) is 5.02 Å². The minimum absolute atomic E-state index is 0.0551. The maximum Gasteiger partial charge on any atom is 0.253 e. The van der Waals surface area contributed by atoms with E-state index in [2.05, 4.69) is 32.2 Å². The van der Waals surface area contributed by atoms with Gasteiger partial charge in [-0.3, -0.25) is 14.5 Å². The topological polar surface area (TPSA) is 78.0 Å². The van der Waals surface area contributed by atoms with Gasteiger partial charge in [-0.15, -0.1) is 0 Å². The highest BCUT2D eigenvalue weighted by molar-refractivity contribution is 6.31. The molecule has 2 amide bonds. The quantitative estimate of drug-likeness (QED) is 0.356. The average Bonchev–Trinajstić information content (AvgIpc) is 3.28. The van der Waals surface area contributed by atoms with Gasteiger partial charge in [0.2, 0.25) is 5.91 Å². The fourth-order valence-electron chi connectivity index (χ4n) is 5.41. The number of aromatic nitrogens is 1. The number of hydrogen-bond acceptors (Lipinski definition) is 6. The van der Waals surface area contributed by atoms with Gasteiger partial charge in [0.1, 0.15) is 12.5 Å². The summed E-state index contributed by atoms with van der Waals surface area (Å²) in [4.78, 5) is 35.9. The van der Waals surface area contributed by atoms with E-state index in [4.69, 9.17) is 16.3 Å². The summed E-state index contributed by atoms with van der Waals surface area (Å²) in [5.41, 5.74) is 3.84. The summed E-state index contributed by atoms with van der Waals surface area (Å²) in [6, 6.07) is 10.2. The third-order valence-electron chi connectivity index (χ3n) is 7.51. The number of halogens is 1. The van der Waals surface area contributed by atoms with Crippen molar-refractivity contribution in [3.05, 3.63) is 57.7 Å². The van der Waals surface area contributed by atoms with E-state index < -0.39 is 0 Å². The maximum atomic E-state index is 12.8. The van der Waals surface area contributed by atoms with Gasteiger partial charge in [-0.05, 0) is 61.9 Å². The molecule has 1 unspecified atom stereocenters. The van der Waals surface area contributed by atoms with Crippen molar-refractivity contribution in [2.24, 2.45) is 0 Å². The van der Waals surface area contributed by atoms with E-state index in [1.54, 1.807) is 25.1 Å². The van der Waals surface area contributed by atoms with Crippen molar-refractivity contribution in [3.63, 3.8) is 0 Å². The molecule has 1 N–H and O–H groups in total. The van der Waals surface area contributed by atoms with Gasteiger partial charge in [-0.1, -0.05) is 30.7 Å². The molecule has 1 aromatic carbocycles. The number of anilines is 1. The zero-order valence-electron chi connectivity index (χ0n) is 23.0. The number of carbonyl (C=O) groups excluding carboxylic acids is 2. The first-order valence-corrected chi connectivity index (χ1v) is 14.0. The number of ether oxygens (including phenoxy) is 1. The highest BCUT2D eigenvalue weighted by Crippen LogP contribution is 2.28. The Morgan fingerprint density at radius 1 is 1.18 bits per heavy atom. The number of aryl methyl sites for hydroxylation is 2. The SMILES string of the molecule is CCc1cc(C(=O)N(C)C)cc(NCOCC2CCC(=O)N2C2CCN(Cc3ccc(Cl)c(C)c3)CC2)n1. The van der Waals surface area contributed by atoms with Crippen LogP contribution in [0.15, 0.2) is 30.3 Å². The molecule has 2 saturated heterocycles. The van der Waals surface area contributed by atoms with Gasteiger partial charge in [-0.25, -0.2) is 4.98 Å². The summed E-state index contributed by atoms with van der Waals surface area (Å²) in [5, 5.41) is 4.00. The Kier molecular flexibility index (Phi) is 9.63. The van der Waals surface area contributed by atoms with Gasteiger partial charge in [0.15, 0.2) is 0 Å². The van der Waals surface area contributed by atoms with Gasteiger partial charge < -0.3 is 19.9 Å². The molecule has 1 aromatic heterocycles. The maximum absolute atomic E-state index is 12.8. The lowest BCUT2D eigenvalue weighted by atomic mass is 10.0. The van der Waals surface area contributed by atoms with E-state index in [0.29, 0.717) is 24.4 Å². The molecule has 2 aromatic rings. The van der Waals surface area contributed by atoms with Crippen LogP contribution in [0, 0.1) is 6.92 Å². The minimum Gasteiger partial charge on any atom is -0.359 e. The molecule has 2 aliphatic heterocycles. The van der Waals surface area contributed by atoms with E-state index in [0.717, 1.165) is 61.6 Å². The van der Waals surface area contributed by atoms with Crippen molar-refractivity contribution in [1.29, 1.82) is 0 Å². The standard InChI is InChI=1S/C29H40ClN5O3/c1-5-23-15-22(29(37)33(3)4)16-27(32-23)31-19-38-18-25-7-9-28(36)35(25)24-10-12-34(13-11-24)17-21-6-8-26(30)20(2)14-21/h6,8,14-16,24-25H,5,7,9-13,17-19H2,1-4H3,(H,31,32). The summed E-state index contributed by atoms with van der Waals surface area (Å²) in [6.45, 7) is 7.66. The predicted octanol–water partition coefficient (Wildman–Crippen LogP) is 4.35. The number of pyridine rings is 1. The largest absolute Gasteiger partial charge is 0.359 e. The van der Waals surface area contributed by atoms with Crippen LogP contribution in [0.1, 0.15) is 59.8 Å². The van der Waals surface area contributed by atoms with Gasteiger partial charge in [0.25, 0.3) is 5.91 Å². The predicted molar refractivity (Wildman–Crippen MR) is 150 cm³/mol. The average molecular weight is 542 g/mol. The third kappa shape index (κ3) is 7.04. The molecule has 3 heterocycles. The second kappa shape index (κ2) is 12.9. The van der Waals surface area contributed by atoms with Crippen molar-refractivity contribution in [2.75, 3.05) is 45.8 Å². The Morgan fingerprint density at radius 2 is 1.95 bits per heavy atom. The smallest absolute Gasteiger partial charge is 0.253 e. The van der Waals surface area contributed by atoms with Gasteiger partial charge in [0.05, 0.1) is 12.6 Å². The Balaban J connectivity index is 1.26. The van der Waals surface area contributed by atoms with Crippen LogP contribution in [0.5, 0.6) is 0 Å². The molecule has 206 valence electrons. The molecule has 1 atom stereocenters. The number of carbonyl (C=O) groups is 2. The van der Waals surface area contributed by atoms with Crippen molar-refractivity contribution < 1.29 is 14.3 Å². The molecule has 0 radical (unpaired) electrons. The molecule has 0 bridgehead atoms. The number of nitrogens with zero attached hydrogens (tertiary/aromatic N) is 4. The number of rotatable bonds is 10. The number of amides is 2. The molecule has 0 aliphatic carbocycles. The zero-order chi connectivity index (χ0) is 27.2. The van der Waals surface area contributed by atoms with Gasteiger partial charge in [-0.2, -0.15) is 0 Å². The highest BCUT2D eigenvalue weighted by atomic mass is 35.5. The van der Waals surface area contributed by atoms with Crippen LogP contribution >= 0.6 is 11.6 Å². The monoisotopic (exact) mass is 541 g/mol. The normalized spacial score (nSPS) is 18.7. The van der Waals surface area contributed by atoms with E-state index in [-0.39, 0.29) is 30.6 Å². The lowest BCUT2D eigenvalue weighted by molar-refractivity contribution is -0.133. The number of piperidine rings is 1. The van der Waals surface area contributed by atoms with Gasteiger partial charge in [0, 0.05) is 62.5 Å². The Labute approximate surface area is 231 Å². The Morgan fingerprint density at radius 3 is 2.63 bits per heavy atom. The molecule has 8 nitrogen and oxygen atoms in total. The lowest BCUT2D eigenvalue weighted by Crippen LogP contribution is -2.49. The number of nitrogens with one attached hydrogen (secondary N) is 1. The van der Waals surface area contributed by atoms with Crippen LogP contribution in [0.25, 0.3) is 0 Å². The molecule has 38 heavy (non-hydrogen) atoms. The molecule has 2 fully saturated rings. The van der Waals surface area contributed by atoms with Crippen LogP contribution in [-0.4, -0.2) is 84.1 Å². The molecule has 4 rings (SSSR count). The van der Waals surface area contributed by atoms with Gasteiger partial charge >= 0.3 is 0 Å². The molecule has 9 heteroatoms. The van der Waals surface area contributed by atoms with Crippen molar-refractivity contribution in [2.45, 2.75) is 64.6 Å². The fourth-order valence-corrected chi connectivity index (χ4v) is 5.52. The summed E-state index contributed by atoms with van der Waals surface area (Å²) in [5.74, 6) is 0.806. The molecular formula is C29H40ClN5O3. The first-order valence-electron chi connectivity index (χ1n) is 13.6. The Hall–Kier alpha value is -2.68. The minimum atomic E-state index is -0.0551.